The molecule has 1 atom stereocenters. The molecule has 1 aromatic rings. The van der Waals surface area contributed by atoms with E-state index in [1.807, 2.05) is 26.0 Å². The Morgan fingerprint density at radius 2 is 1.94 bits per heavy atom. The van der Waals surface area contributed by atoms with Gasteiger partial charge in [0.15, 0.2) is 0 Å². The van der Waals surface area contributed by atoms with E-state index in [-0.39, 0.29) is 5.78 Å². The molecule has 0 amide bonds. The van der Waals surface area contributed by atoms with E-state index in [1.54, 1.807) is 6.92 Å². The lowest BCUT2D eigenvalue weighted by Crippen LogP contribution is -2.26. The molecule has 3 nitrogen and oxygen atoms in total. The van der Waals surface area contributed by atoms with Crippen LogP contribution in [-0.4, -0.2) is 18.4 Å². The van der Waals surface area contributed by atoms with E-state index in [9.17, 15) is 9.59 Å². The van der Waals surface area contributed by atoms with Gasteiger partial charge in [-0.25, -0.2) is 0 Å². The average Bonchev–Trinajstić information content (AvgIpc) is 2.27. The highest BCUT2D eigenvalue weighted by atomic mass is 16.5. The molecule has 0 saturated heterocycles. The summed E-state index contributed by atoms with van der Waals surface area (Å²) in [5, 5.41) is 0. The fourth-order valence-electron chi connectivity index (χ4n) is 1.93. The molecule has 0 bridgehead atoms. The van der Waals surface area contributed by atoms with Crippen molar-refractivity contribution in [3.8, 4) is 0 Å². The van der Waals surface area contributed by atoms with Crippen LogP contribution in [-0.2, 0) is 20.7 Å². The zero-order chi connectivity index (χ0) is 13.7. The Balaban J connectivity index is 2.90. The van der Waals surface area contributed by atoms with Crippen molar-refractivity contribution in [1.82, 2.24) is 0 Å². The van der Waals surface area contributed by atoms with Crippen molar-refractivity contribution in [2.45, 2.75) is 34.1 Å². The number of rotatable bonds is 5. The highest BCUT2D eigenvalue weighted by molar-refractivity contribution is 5.98. The van der Waals surface area contributed by atoms with Gasteiger partial charge < -0.3 is 4.74 Å². The van der Waals surface area contributed by atoms with Gasteiger partial charge in [-0.3, -0.25) is 9.59 Å². The fraction of sp³-hybridized carbons (Fsp3) is 0.467. The lowest BCUT2D eigenvalue weighted by Gasteiger charge is -2.14. The third kappa shape index (κ3) is 3.69. The zero-order valence-corrected chi connectivity index (χ0v) is 11.4. The summed E-state index contributed by atoms with van der Waals surface area (Å²) in [7, 11) is 0. The van der Waals surface area contributed by atoms with Gasteiger partial charge in [0.2, 0.25) is 0 Å². The van der Waals surface area contributed by atoms with Crippen molar-refractivity contribution in [2.75, 3.05) is 6.61 Å². The number of esters is 1. The lowest BCUT2D eigenvalue weighted by molar-refractivity contribution is -0.151. The lowest BCUT2D eigenvalue weighted by atomic mass is 9.92. The van der Waals surface area contributed by atoms with Crippen molar-refractivity contribution in [1.29, 1.82) is 0 Å². The van der Waals surface area contributed by atoms with E-state index in [1.165, 1.54) is 12.5 Å². The van der Waals surface area contributed by atoms with Gasteiger partial charge in [-0.2, -0.15) is 0 Å². The molecule has 0 spiro atoms. The molecule has 0 saturated carbocycles. The number of hydrogen-bond acceptors (Lipinski definition) is 3. The second kappa shape index (κ2) is 6.34. The summed E-state index contributed by atoms with van der Waals surface area (Å²) >= 11 is 0. The number of aryl methyl sites for hydroxylation is 2. The highest BCUT2D eigenvalue weighted by Gasteiger charge is 2.25. The van der Waals surface area contributed by atoms with Gasteiger partial charge in [0.1, 0.15) is 11.7 Å². The molecule has 0 heterocycles. The molecule has 98 valence electrons. The Bertz CT molecular complexity index is 449. The number of hydrogen-bond donors (Lipinski definition) is 0. The fourth-order valence-corrected chi connectivity index (χ4v) is 1.93. The normalized spacial score (nSPS) is 12.0. The summed E-state index contributed by atoms with van der Waals surface area (Å²) in [6.45, 7) is 7.49. The first-order valence-corrected chi connectivity index (χ1v) is 6.19. The van der Waals surface area contributed by atoms with Crippen molar-refractivity contribution >= 4 is 11.8 Å². The minimum Gasteiger partial charge on any atom is -0.465 e. The van der Waals surface area contributed by atoms with E-state index < -0.39 is 11.9 Å². The molecule has 1 aromatic carbocycles. The molecule has 0 radical (unpaired) electrons. The minimum absolute atomic E-state index is 0.145. The standard InChI is InChI=1S/C15H20O3/c1-5-18-15(17)14(12(4)16)9-13-7-6-10(2)8-11(13)3/h6-8,14H,5,9H2,1-4H3. The average molecular weight is 248 g/mol. The maximum Gasteiger partial charge on any atom is 0.316 e. The predicted octanol–water partition coefficient (Wildman–Crippen LogP) is 2.61. The van der Waals surface area contributed by atoms with Gasteiger partial charge in [0.25, 0.3) is 0 Å². The largest absolute Gasteiger partial charge is 0.465 e. The number of benzene rings is 1. The number of ketones is 1. The Labute approximate surface area is 108 Å². The van der Waals surface area contributed by atoms with Gasteiger partial charge in [-0.15, -0.1) is 0 Å². The third-order valence-corrected chi connectivity index (χ3v) is 2.98. The minimum atomic E-state index is -0.689. The molecule has 0 N–H and O–H groups in total. The molecule has 0 aliphatic heterocycles. The molecule has 0 fully saturated rings. The quantitative estimate of drug-likeness (QED) is 0.594. The van der Waals surface area contributed by atoms with Crippen molar-refractivity contribution in [2.24, 2.45) is 5.92 Å². The van der Waals surface area contributed by atoms with Crippen LogP contribution in [0.25, 0.3) is 0 Å². The first-order valence-electron chi connectivity index (χ1n) is 6.19. The predicted molar refractivity (Wildman–Crippen MR) is 70.4 cm³/mol. The van der Waals surface area contributed by atoms with Gasteiger partial charge in [-0.1, -0.05) is 23.8 Å². The van der Waals surface area contributed by atoms with Crippen LogP contribution >= 0.6 is 0 Å². The van der Waals surface area contributed by atoms with Crippen LogP contribution in [0, 0.1) is 19.8 Å². The molecule has 18 heavy (non-hydrogen) atoms. The molecule has 0 aliphatic rings. The Hall–Kier alpha value is -1.64. The monoisotopic (exact) mass is 248 g/mol. The zero-order valence-electron chi connectivity index (χ0n) is 11.4. The topological polar surface area (TPSA) is 43.4 Å². The Morgan fingerprint density at radius 1 is 1.28 bits per heavy atom. The molecule has 0 aromatic heterocycles. The van der Waals surface area contributed by atoms with Crippen LogP contribution in [0.1, 0.15) is 30.5 Å². The SMILES string of the molecule is CCOC(=O)C(Cc1ccc(C)cc1C)C(C)=O. The molecule has 3 heteroatoms. The second-order valence-electron chi connectivity index (χ2n) is 4.55. The molecule has 1 unspecified atom stereocenters. The molecular formula is C15H20O3. The summed E-state index contributed by atoms with van der Waals surface area (Å²) < 4.78 is 4.94. The maximum atomic E-state index is 11.7. The smallest absolute Gasteiger partial charge is 0.316 e. The first-order chi connectivity index (χ1) is 8.45. The van der Waals surface area contributed by atoms with Crippen LogP contribution in [0.2, 0.25) is 0 Å². The number of carbonyl (C=O) groups excluding carboxylic acids is 2. The Morgan fingerprint density at radius 3 is 2.44 bits per heavy atom. The van der Waals surface area contributed by atoms with Gasteiger partial charge in [0, 0.05) is 0 Å². The van der Waals surface area contributed by atoms with E-state index in [0.29, 0.717) is 13.0 Å². The van der Waals surface area contributed by atoms with Crippen molar-refractivity contribution in [3.05, 3.63) is 34.9 Å². The summed E-state index contributed by atoms with van der Waals surface area (Å²) in [5.41, 5.74) is 3.30. The van der Waals surface area contributed by atoms with Crippen LogP contribution in [0.3, 0.4) is 0 Å². The maximum absolute atomic E-state index is 11.7. The molecular weight excluding hydrogens is 228 g/mol. The van der Waals surface area contributed by atoms with E-state index in [0.717, 1.165) is 11.1 Å². The third-order valence-electron chi connectivity index (χ3n) is 2.98. The van der Waals surface area contributed by atoms with Gasteiger partial charge in [-0.05, 0) is 45.2 Å². The first kappa shape index (κ1) is 14.4. The molecule has 1 rings (SSSR count). The highest BCUT2D eigenvalue weighted by Crippen LogP contribution is 2.17. The van der Waals surface area contributed by atoms with Gasteiger partial charge >= 0.3 is 5.97 Å². The number of carbonyl (C=O) groups is 2. The second-order valence-corrected chi connectivity index (χ2v) is 4.55. The van der Waals surface area contributed by atoms with Crippen molar-refractivity contribution in [3.63, 3.8) is 0 Å². The summed E-state index contributed by atoms with van der Waals surface area (Å²) in [6, 6.07) is 6.02. The van der Waals surface area contributed by atoms with Crippen LogP contribution in [0.5, 0.6) is 0 Å². The Kier molecular flexibility index (Phi) is 5.08. The van der Waals surface area contributed by atoms with Crippen molar-refractivity contribution < 1.29 is 14.3 Å². The number of ether oxygens (including phenoxy) is 1. The van der Waals surface area contributed by atoms with E-state index in [4.69, 9.17) is 4.74 Å². The summed E-state index contributed by atoms with van der Waals surface area (Å²) in [5.74, 6) is -1.26. The summed E-state index contributed by atoms with van der Waals surface area (Å²) in [4.78, 5) is 23.3. The van der Waals surface area contributed by atoms with E-state index in [2.05, 4.69) is 6.07 Å². The van der Waals surface area contributed by atoms with Crippen LogP contribution < -0.4 is 0 Å². The van der Waals surface area contributed by atoms with Crippen LogP contribution in [0.4, 0.5) is 0 Å². The van der Waals surface area contributed by atoms with E-state index >= 15 is 0 Å². The summed E-state index contributed by atoms with van der Waals surface area (Å²) in [6.07, 6.45) is 0.417. The van der Waals surface area contributed by atoms with Crippen LogP contribution in [0.15, 0.2) is 18.2 Å². The molecule has 0 aliphatic carbocycles. The number of Topliss-reactive ketones (excluding diaryl/α,β-unsaturated/α-hetero) is 1. The van der Waals surface area contributed by atoms with Gasteiger partial charge in [0.05, 0.1) is 6.61 Å².